The van der Waals surface area contributed by atoms with Gasteiger partial charge in [-0.05, 0) is 59.2 Å². The Hall–Kier alpha value is -4.19. The number of amides is 1. The van der Waals surface area contributed by atoms with Crippen molar-refractivity contribution >= 4 is 31.6 Å². The van der Waals surface area contributed by atoms with Gasteiger partial charge in [-0.2, -0.15) is 0 Å². The number of carboxylic acids is 1. The highest BCUT2D eigenvalue weighted by Gasteiger charge is 2.26. The molecular weight excluding hydrogens is 1510 g/mol. The largest absolute Gasteiger partial charge is 0.479 e. The molecule has 56 nitrogen and oxygen atoms in total. The summed E-state index contributed by atoms with van der Waals surface area (Å²) in [5.41, 5.74) is 0. The van der Waals surface area contributed by atoms with Crippen LogP contribution in [0.1, 0.15) is 226 Å². The number of phosphoric ester groups is 1. The number of carbonyl (C=O) groups is 4. The fourth-order valence-electron chi connectivity index (χ4n) is 7.48. The summed E-state index contributed by atoms with van der Waals surface area (Å²) in [5, 5.41) is 155. The van der Waals surface area contributed by atoms with Crippen molar-refractivity contribution in [2.24, 2.45) is 0 Å². The summed E-state index contributed by atoms with van der Waals surface area (Å²) in [6.45, 7) is 1.47. The third-order valence-electron chi connectivity index (χ3n) is 11.9. The van der Waals surface area contributed by atoms with E-state index in [-0.39, 0.29) is 45.6 Å². The lowest BCUT2D eigenvalue weighted by Gasteiger charge is -2.20. The smallest absolute Gasteiger partial charge is 0.472 e. The third kappa shape index (κ3) is 87.0. The zero-order valence-electron chi connectivity index (χ0n) is 57.5. The van der Waals surface area contributed by atoms with Gasteiger partial charge < -0.3 is 29.7 Å². The molecule has 0 aliphatic heterocycles. The van der Waals surface area contributed by atoms with Gasteiger partial charge in [-0.25, -0.2) is 24.0 Å². The molecule has 628 valence electrons. The Morgan fingerprint density at radius 1 is 0.349 bits per heavy atom. The van der Waals surface area contributed by atoms with Crippen molar-refractivity contribution in [3.05, 3.63) is 12.3 Å². The van der Waals surface area contributed by atoms with Gasteiger partial charge in [-0.3, -0.25) is 23.4 Å². The van der Waals surface area contributed by atoms with E-state index in [2.05, 4.69) is 240 Å². The number of ether oxygens (including phenoxy) is 2. The number of rotatable bonds is 92. The molecule has 0 aromatic carbocycles. The highest BCUT2D eigenvalue weighted by Crippen LogP contribution is 2.43. The van der Waals surface area contributed by atoms with Crippen LogP contribution >= 0.6 is 7.82 Å². The van der Waals surface area contributed by atoms with E-state index >= 15 is 0 Å². The van der Waals surface area contributed by atoms with Crippen LogP contribution in [-0.2, 0) is 263 Å². The van der Waals surface area contributed by atoms with Crippen molar-refractivity contribution in [2.45, 2.75) is 232 Å². The van der Waals surface area contributed by atoms with Crippen molar-refractivity contribution in [3.63, 3.8) is 0 Å². The molecule has 0 fully saturated rings. The predicted octanol–water partition coefficient (Wildman–Crippen LogP) is 9.36. The van der Waals surface area contributed by atoms with Gasteiger partial charge in [-0.1, -0.05) is 194 Å². The topological polar surface area (TPSA) is 581 Å². The van der Waals surface area contributed by atoms with Crippen LogP contribution in [0.4, 0.5) is 0 Å². The van der Waals surface area contributed by atoms with Crippen LogP contribution < -0.4 is 5.32 Å². The maximum atomic E-state index is 12.9. The van der Waals surface area contributed by atoms with Crippen LogP contribution in [0.3, 0.4) is 0 Å². The average Bonchev–Trinajstić information content (AvgIpc) is 0.922. The van der Waals surface area contributed by atoms with Gasteiger partial charge in [0.1, 0.15) is 26.1 Å². The van der Waals surface area contributed by atoms with E-state index in [1.807, 2.05) is 0 Å². The average molecular weight is 1610 g/mol. The van der Waals surface area contributed by atoms with Gasteiger partial charge in [-0.15, -0.1) is 0 Å². The van der Waals surface area contributed by atoms with Crippen LogP contribution in [0, 0.1) is 0 Å². The van der Waals surface area contributed by atoms with Crippen molar-refractivity contribution in [3.8, 4) is 0 Å². The van der Waals surface area contributed by atoms with E-state index in [9.17, 15) is 28.6 Å². The Morgan fingerprint density at radius 3 is 0.991 bits per heavy atom. The van der Waals surface area contributed by atoms with Crippen LogP contribution in [0.25, 0.3) is 0 Å². The van der Waals surface area contributed by atoms with Crippen molar-refractivity contribution in [1.29, 1.82) is 0 Å². The fourth-order valence-corrected chi connectivity index (χ4v) is 8.23. The zero-order chi connectivity index (χ0) is 76.7. The summed E-state index contributed by atoms with van der Waals surface area (Å²) >= 11 is 0. The summed E-state index contributed by atoms with van der Waals surface area (Å²) in [6, 6.07) is 0. The van der Waals surface area contributed by atoms with Gasteiger partial charge in [0.05, 0.1) is 13.2 Å². The normalized spacial score (nSPS) is 12.5. The van der Waals surface area contributed by atoms with Crippen LogP contribution in [-0.4, -0.2) is 86.1 Å². The lowest BCUT2D eigenvalue weighted by molar-refractivity contribution is -0.909. The second-order valence-electron chi connectivity index (χ2n) is 19.8. The number of hydrogen-bond acceptors (Lipinski definition) is 53. The van der Waals surface area contributed by atoms with Gasteiger partial charge in [0.15, 0.2) is 12.7 Å². The van der Waals surface area contributed by atoms with Gasteiger partial charge in [0.2, 0.25) is 5.91 Å². The Bertz CT molecular complexity index is 1940. The van der Waals surface area contributed by atoms with E-state index in [0.717, 1.165) is 57.3 Å². The summed E-state index contributed by atoms with van der Waals surface area (Å²) in [4.78, 5) is 75.3. The minimum absolute atomic E-state index is 0.115. The molecule has 0 aromatic heterocycles. The monoisotopic (exact) mass is 1610 g/mol. The molecular formula is C49H92NO55P. The van der Waals surface area contributed by atoms with Gasteiger partial charge in [0.25, 0.3) is 0 Å². The van der Waals surface area contributed by atoms with Crippen molar-refractivity contribution in [2.75, 3.05) is 46.2 Å². The van der Waals surface area contributed by atoms with Gasteiger partial charge in [0, 0.05) is 187 Å². The number of unbranched alkanes of at least 4 members (excludes halogenated alkanes) is 28. The van der Waals surface area contributed by atoms with Crippen LogP contribution in [0.5, 0.6) is 0 Å². The summed E-state index contributed by atoms with van der Waals surface area (Å²) < 4.78 is 33.7. The first-order valence-corrected chi connectivity index (χ1v) is 33.9. The van der Waals surface area contributed by atoms with Gasteiger partial charge >= 0.3 is 25.7 Å². The molecule has 0 aliphatic carbocycles. The molecule has 0 spiro atoms. The molecule has 0 saturated heterocycles. The molecule has 0 saturated carbocycles. The number of carboxylic acid groups (broad SMARTS) is 1. The molecule has 57 heteroatoms. The molecule has 0 rings (SSSR count). The van der Waals surface area contributed by atoms with E-state index in [4.69, 9.17) is 23.6 Å². The molecule has 0 heterocycles. The third-order valence-corrected chi connectivity index (χ3v) is 12.9. The predicted molar refractivity (Wildman–Crippen MR) is 298 cm³/mol. The molecule has 0 aromatic rings. The number of phosphoric acid groups is 1. The van der Waals surface area contributed by atoms with E-state index < -0.39 is 57.6 Å². The quantitative estimate of drug-likeness (QED) is 0.0127. The summed E-state index contributed by atoms with van der Waals surface area (Å²) in [6.07, 6.45) is 36.1. The van der Waals surface area contributed by atoms with E-state index in [0.29, 0.717) is 12.8 Å². The molecule has 106 heavy (non-hydrogen) atoms. The highest BCUT2D eigenvalue weighted by atomic mass is 31.2. The molecule has 0 aliphatic rings. The van der Waals surface area contributed by atoms with E-state index in [1.54, 1.807) is 0 Å². The molecule has 1 amide bonds. The molecule has 3 N–H and O–H groups in total. The lowest BCUT2D eigenvalue weighted by atomic mass is 10.0. The molecule has 0 radical (unpaired) electrons. The standard InChI is InChI=1S/C49H92NO55P/c1-3-5-7-9-11-13-15-17-19-21-23-25-27-29-31-35-48(54)58-42-45(65-49(55)36-32-30-28-26-24-22-20-18-16-14-12-10-8-6-4-2)43-64-106(56,57)63-39-37-50-46(51)34-33-38-60-66-68-70-72-74-76-78-80-82-84-86-88-90-92-94-96-98-100-102-104-105-103-101-99-97-95-93-91-89-87-85-83-81-79-77-75-73-71-69-67-61-41-40-59-62-44-47(52)53/h33,38,45H,3-32,34-37,39-44H2,1-2H3,(H,50,51)(H,52,53)(H,56,57)/b38-33-/t45-/m1/s1. The SMILES string of the molecule is CCCCCCCCCCCCCCCCCC(=O)OC[C@H](COP(=O)(O)OCCNC(=O)C/C=C\OOOOOOOOOOOOOOOOOOOOOOOOOOOOOOOOOOOOOOOOOOCCOOCC(=O)O)OC(=O)CCCCCCCCCCCCCCCCC. The molecule has 1 unspecified atom stereocenters. The molecule has 2 atom stereocenters. The Kier molecular flexibility index (Phi) is 83.0. The second-order valence-corrected chi connectivity index (χ2v) is 21.3. The lowest BCUT2D eigenvalue weighted by Crippen LogP contribution is -2.30. The van der Waals surface area contributed by atoms with E-state index in [1.165, 1.54) is 135 Å². The summed E-state index contributed by atoms with van der Waals surface area (Å²) in [7, 11) is -4.74. The Morgan fingerprint density at radius 2 is 0.651 bits per heavy atom. The van der Waals surface area contributed by atoms with Crippen molar-refractivity contribution < 1.29 is 273 Å². The second kappa shape index (κ2) is 86.4. The maximum absolute atomic E-state index is 12.9. The maximum Gasteiger partial charge on any atom is 0.472 e. The Labute approximate surface area is 599 Å². The first kappa shape index (κ1) is 102. The Balaban J connectivity index is 3.90. The number of nitrogens with one attached hydrogen (secondary N) is 1. The number of hydrogen-bond donors (Lipinski definition) is 3. The minimum atomic E-state index is -4.74. The highest BCUT2D eigenvalue weighted by molar-refractivity contribution is 7.47. The van der Waals surface area contributed by atoms with Crippen LogP contribution in [0.15, 0.2) is 12.3 Å². The number of aliphatic carboxylic acids is 1. The summed E-state index contributed by atoms with van der Waals surface area (Å²) in [5.74, 6) is -2.91. The fraction of sp³-hybridized carbons (Fsp3) is 0.878. The van der Waals surface area contributed by atoms with Crippen LogP contribution in [0.2, 0.25) is 0 Å². The first-order chi connectivity index (χ1) is 52.1. The number of esters is 2. The minimum Gasteiger partial charge on any atom is -0.479 e. The first-order valence-electron chi connectivity index (χ1n) is 32.4. The zero-order valence-corrected chi connectivity index (χ0v) is 58.4. The molecule has 0 bridgehead atoms. The van der Waals surface area contributed by atoms with Crippen molar-refractivity contribution in [1.82, 2.24) is 5.32 Å². The number of carbonyl (C=O) groups excluding carboxylic acids is 3.